The fraction of sp³-hybridized carbons (Fsp3) is 0.185. The minimum Gasteiger partial charge on any atom is -0.493 e. The zero-order valence-electron chi connectivity index (χ0n) is 19.2. The summed E-state index contributed by atoms with van der Waals surface area (Å²) < 4.78 is 28.9. The molecular formula is C27H21BrO7. The predicted octanol–water partition coefficient (Wildman–Crippen LogP) is 5.53. The van der Waals surface area contributed by atoms with Gasteiger partial charge in [0.15, 0.2) is 17.3 Å². The summed E-state index contributed by atoms with van der Waals surface area (Å²) in [4.78, 5) is 25.7. The quantitative estimate of drug-likeness (QED) is 0.241. The van der Waals surface area contributed by atoms with Gasteiger partial charge >= 0.3 is 5.97 Å². The van der Waals surface area contributed by atoms with Crippen LogP contribution in [0.25, 0.3) is 6.08 Å². The molecule has 8 heteroatoms. The molecule has 0 unspecified atom stereocenters. The lowest BCUT2D eigenvalue weighted by atomic mass is 9.84. The molecule has 0 aliphatic carbocycles. The van der Waals surface area contributed by atoms with Crippen molar-refractivity contribution in [3.05, 3.63) is 81.0 Å². The van der Waals surface area contributed by atoms with Gasteiger partial charge in [-0.05, 0) is 42.0 Å². The van der Waals surface area contributed by atoms with Crippen molar-refractivity contribution in [3.8, 4) is 28.7 Å². The highest BCUT2D eigenvalue weighted by molar-refractivity contribution is 9.10. The first-order valence-electron chi connectivity index (χ1n) is 10.8. The third-order valence-electron chi connectivity index (χ3n) is 6.08. The topological polar surface area (TPSA) is 80.3 Å². The van der Waals surface area contributed by atoms with Crippen molar-refractivity contribution in [2.45, 2.75) is 12.3 Å². The molecule has 0 saturated heterocycles. The van der Waals surface area contributed by atoms with Gasteiger partial charge in [0.25, 0.3) is 0 Å². The number of hydrogen-bond acceptors (Lipinski definition) is 7. The second-order valence-electron chi connectivity index (χ2n) is 7.97. The molecule has 0 N–H and O–H groups in total. The summed E-state index contributed by atoms with van der Waals surface area (Å²) >= 11 is 3.59. The Morgan fingerprint density at radius 3 is 2.40 bits per heavy atom. The molecule has 3 aromatic rings. The third kappa shape index (κ3) is 3.83. The van der Waals surface area contributed by atoms with Gasteiger partial charge in [-0.25, -0.2) is 0 Å². The van der Waals surface area contributed by atoms with Crippen molar-refractivity contribution in [2.24, 2.45) is 0 Å². The molecule has 0 radical (unpaired) electrons. The Morgan fingerprint density at radius 1 is 0.914 bits per heavy atom. The van der Waals surface area contributed by atoms with E-state index >= 15 is 0 Å². The Balaban J connectivity index is 1.62. The molecule has 0 aromatic heterocycles. The molecule has 2 aliphatic rings. The second kappa shape index (κ2) is 9.11. The first-order valence-corrected chi connectivity index (χ1v) is 11.6. The smallest absolute Gasteiger partial charge is 0.312 e. The summed E-state index contributed by atoms with van der Waals surface area (Å²) in [6, 6.07) is 14.4. The van der Waals surface area contributed by atoms with Crippen molar-refractivity contribution in [1.29, 1.82) is 0 Å². The summed E-state index contributed by atoms with van der Waals surface area (Å²) in [6.07, 6.45) is 1.74. The first kappa shape index (κ1) is 23.0. The van der Waals surface area contributed by atoms with Crippen molar-refractivity contribution in [2.75, 3.05) is 21.3 Å². The van der Waals surface area contributed by atoms with Crippen molar-refractivity contribution < 1.29 is 33.3 Å². The van der Waals surface area contributed by atoms with Crippen LogP contribution in [0.4, 0.5) is 0 Å². The number of hydrogen-bond donors (Lipinski definition) is 0. The average Bonchev–Trinajstić information content (AvgIpc) is 3.18. The number of allylic oxidation sites excluding steroid dienone is 1. The minimum atomic E-state index is -0.339. The number of carbonyl (C=O) groups is 2. The number of methoxy groups -OCH3 is 3. The lowest BCUT2D eigenvalue weighted by Crippen LogP contribution is -2.21. The molecular weight excluding hydrogens is 516 g/mol. The maximum atomic E-state index is 13.3. The number of halogens is 1. The molecule has 0 saturated carbocycles. The molecule has 2 aliphatic heterocycles. The van der Waals surface area contributed by atoms with Crippen LogP contribution in [0.5, 0.6) is 28.7 Å². The van der Waals surface area contributed by atoms with Gasteiger partial charge in [-0.1, -0.05) is 34.1 Å². The lowest BCUT2D eigenvalue weighted by molar-refractivity contribution is -0.135. The maximum absolute atomic E-state index is 13.3. The van der Waals surface area contributed by atoms with Crippen molar-refractivity contribution in [1.82, 2.24) is 0 Å². The van der Waals surface area contributed by atoms with Gasteiger partial charge in [0.1, 0.15) is 11.5 Å². The molecule has 2 heterocycles. The third-order valence-corrected chi connectivity index (χ3v) is 6.80. The van der Waals surface area contributed by atoms with E-state index in [4.69, 9.17) is 23.7 Å². The normalized spacial score (nSPS) is 17.4. The molecule has 0 fully saturated rings. The number of Topliss-reactive ketones (excluding diaryl/α,β-unsaturated/α-hetero) is 1. The molecule has 35 heavy (non-hydrogen) atoms. The average molecular weight is 537 g/mol. The summed E-state index contributed by atoms with van der Waals surface area (Å²) in [5, 5.41) is 0. The van der Waals surface area contributed by atoms with Crippen LogP contribution in [0.2, 0.25) is 0 Å². The number of fused-ring (bicyclic) bond motifs is 3. The number of ether oxygens (including phenoxy) is 5. The zero-order valence-corrected chi connectivity index (χ0v) is 20.8. The van der Waals surface area contributed by atoms with Crippen LogP contribution in [-0.2, 0) is 4.79 Å². The molecule has 7 nitrogen and oxygen atoms in total. The van der Waals surface area contributed by atoms with Crippen LogP contribution < -0.4 is 23.7 Å². The fourth-order valence-electron chi connectivity index (χ4n) is 4.51. The van der Waals surface area contributed by atoms with E-state index < -0.39 is 0 Å². The van der Waals surface area contributed by atoms with Gasteiger partial charge in [-0.3, -0.25) is 9.59 Å². The Bertz CT molecular complexity index is 1390. The highest BCUT2D eigenvalue weighted by atomic mass is 79.9. The van der Waals surface area contributed by atoms with E-state index in [1.807, 2.05) is 24.3 Å². The van der Waals surface area contributed by atoms with Crippen molar-refractivity contribution >= 4 is 33.8 Å². The fourth-order valence-corrected chi connectivity index (χ4v) is 5.07. The Labute approximate surface area is 210 Å². The molecule has 0 bridgehead atoms. The van der Waals surface area contributed by atoms with E-state index in [1.54, 1.807) is 30.3 Å². The second-order valence-corrected chi connectivity index (χ2v) is 8.82. The van der Waals surface area contributed by atoms with Gasteiger partial charge in [-0.15, -0.1) is 0 Å². The summed E-state index contributed by atoms with van der Waals surface area (Å²) in [6.45, 7) is 0. The van der Waals surface area contributed by atoms with Gasteiger partial charge in [0.05, 0.1) is 33.3 Å². The van der Waals surface area contributed by atoms with Crippen molar-refractivity contribution in [3.63, 3.8) is 0 Å². The Kier molecular flexibility index (Phi) is 5.98. The molecule has 0 spiro atoms. The number of rotatable bonds is 5. The van der Waals surface area contributed by atoms with Crippen LogP contribution in [0, 0.1) is 0 Å². The zero-order chi connectivity index (χ0) is 24.7. The van der Waals surface area contributed by atoms with E-state index in [0.29, 0.717) is 45.4 Å². The van der Waals surface area contributed by atoms with Gasteiger partial charge in [0.2, 0.25) is 11.5 Å². The van der Waals surface area contributed by atoms with Crippen LogP contribution in [0.15, 0.2) is 58.8 Å². The van der Waals surface area contributed by atoms with E-state index in [0.717, 1.165) is 10.0 Å². The number of esters is 1. The number of carbonyl (C=O) groups excluding carboxylic acids is 2. The molecule has 178 valence electrons. The minimum absolute atomic E-state index is 0.127. The van der Waals surface area contributed by atoms with E-state index in [1.165, 1.54) is 21.3 Å². The van der Waals surface area contributed by atoms with Gasteiger partial charge < -0.3 is 23.7 Å². The summed E-state index contributed by atoms with van der Waals surface area (Å²) in [7, 11) is 4.56. The molecule has 1 atom stereocenters. The van der Waals surface area contributed by atoms with Crippen LogP contribution in [0.1, 0.15) is 39.4 Å². The predicted molar refractivity (Wildman–Crippen MR) is 132 cm³/mol. The maximum Gasteiger partial charge on any atom is 0.312 e. The Morgan fingerprint density at radius 2 is 1.69 bits per heavy atom. The highest BCUT2D eigenvalue weighted by Crippen LogP contribution is 2.50. The molecule has 5 rings (SSSR count). The van der Waals surface area contributed by atoms with Gasteiger partial charge in [0, 0.05) is 21.5 Å². The van der Waals surface area contributed by atoms with E-state index in [9.17, 15) is 9.59 Å². The lowest BCUT2D eigenvalue weighted by Gasteiger charge is -2.27. The highest BCUT2D eigenvalue weighted by Gasteiger charge is 2.39. The van der Waals surface area contributed by atoms with Gasteiger partial charge in [-0.2, -0.15) is 0 Å². The summed E-state index contributed by atoms with van der Waals surface area (Å²) in [5.74, 6) is 1.28. The Hall–Kier alpha value is -3.78. The number of benzene rings is 3. The summed E-state index contributed by atoms with van der Waals surface area (Å²) in [5.41, 5.74) is 2.58. The molecule has 0 amide bonds. The standard InChI is InChI=1S/C27H21BrO7/c1-31-20-10-8-14(25(32-2)27(20)33-3)12-21-24(30)16-9-11-19-23(26(16)35-21)17(13-22(29)34-19)15-6-4-5-7-18(15)28/h4-12,17H,13H2,1-3H3/b21-12-/t17-/m1/s1. The largest absolute Gasteiger partial charge is 0.493 e. The molecule has 3 aromatic carbocycles. The SMILES string of the molecule is COc1ccc(/C=C2\Oc3c(ccc4c3[C@@H](c3ccccc3Br)CC(=O)O4)C2=O)c(OC)c1OC. The van der Waals surface area contributed by atoms with E-state index in [2.05, 4.69) is 15.9 Å². The monoisotopic (exact) mass is 536 g/mol. The van der Waals surface area contributed by atoms with Crippen LogP contribution in [0.3, 0.4) is 0 Å². The van der Waals surface area contributed by atoms with Crippen LogP contribution in [-0.4, -0.2) is 33.1 Å². The van der Waals surface area contributed by atoms with E-state index in [-0.39, 0.29) is 29.9 Å². The number of ketones is 1. The first-order chi connectivity index (χ1) is 17.0. The van der Waals surface area contributed by atoms with Crippen LogP contribution >= 0.6 is 15.9 Å².